The van der Waals surface area contributed by atoms with Gasteiger partial charge in [-0.05, 0) is 11.4 Å². The molecule has 0 radical (unpaired) electrons. The molecule has 98 valence electrons. The van der Waals surface area contributed by atoms with Gasteiger partial charge >= 0.3 is 0 Å². The van der Waals surface area contributed by atoms with E-state index in [1.54, 1.807) is 16.0 Å². The normalized spacial score (nSPS) is 11.0. The lowest BCUT2D eigenvalue weighted by atomic mass is 10.3. The van der Waals surface area contributed by atoms with E-state index in [1.165, 1.54) is 0 Å². The van der Waals surface area contributed by atoms with Gasteiger partial charge in [0.05, 0.1) is 11.3 Å². The SMILES string of the molecule is BrCCc1cn(Cc2noc(-c3ccsc3)n2)nn1. The largest absolute Gasteiger partial charge is 0.334 e. The van der Waals surface area contributed by atoms with Gasteiger partial charge in [-0.25, -0.2) is 4.68 Å². The lowest BCUT2D eigenvalue weighted by Gasteiger charge is -1.92. The topological polar surface area (TPSA) is 69.6 Å². The molecule has 3 rings (SSSR count). The third-order valence-electron chi connectivity index (χ3n) is 2.48. The number of aromatic nitrogens is 5. The maximum atomic E-state index is 5.21. The monoisotopic (exact) mass is 339 g/mol. The van der Waals surface area contributed by atoms with Crippen LogP contribution < -0.4 is 0 Å². The van der Waals surface area contributed by atoms with Crippen LogP contribution in [0.25, 0.3) is 11.5 Å². The highest BCUT2D eigenvalue weighted by atomic mass is 79.9. The van der Waals surface area contributed by atoms with Crippen LogP contribution in [0.2, 0.25) is 0 Å². The highest BCUT2D eigenvalue weighted by Crippen LogP contribution is 2.19. The van der Waals surface area contributed by atoms with E-state index in [1.807, 2.05) is 23.0 Å². The fourth-order valence-corrected chi connectivity index (χ4v) is 2.63. The summed E-state index contributed by atoms with van der Waals surface area (Å²) in [6, 6.07) is 1.95. The molecule has 0 saturated heterocycles. The van der Waals surface area contributed by atoms with Gasteiger partial charge in [0.2, 0.25) is 0 Å². The van der Waals surface area contributed by atoms with Crippen molar-refractivity contribution in [2.45, 2.75) is 13.0 Å². The number of hydrogen-bond donors (Lipinski definition) is 0. The van der Waals surface area contributed by atoms with Gasteiger partial charge in [-0.15, -0.1) is 5.10 Å². The van der Waals surface area contributed by atoms with Crippen molar-refractivity contribution in [1.29, 1.82) is 0 Å². The van der Waals surface area contributed by atoms with Gasteiger partial charge in [0.25, 0.3) is 5.89 Å². The van der Waals surface area contributed by atoms with Crippen LogP contribution in [0.5, 0.6) is 0 Å². The molecular weight excluding hydrogens is 330 g/mol. The third kappa shape index (κ3) is 2.90. The zero-order chi connectivity index (χ0) is 13.1. The van der Waals surface area contributed by atoms with Gasteiger partial charge < -0.3 is 4.52 Å². The Kier molecular flexibility index (Phi) is 3.69. The average Bonchev–Trinajstić information content (AvgIpc) is 3.10. The van der Waals surface area contributed by atoms with Crippen molar-refractivity contribution in [1.82, 2.24) is 25.1 Å². The van der Waals surface area contributed by atoms with Gasteiger partial charge in [0, 0.05) is 23.3 Å². The number of rotatable bonds is 5. The number of hydrogen-bond acceptors (Lipinski definition) is 6. The van der Waals surface area contributed by atoms with E-state index in [0.717, 1.165) is 23.0 Å². The molecule has 0 aromatic carbocycles. The smallest absolute Gasteiger partial charge is 0.258 e. The summed E-state index contributed by atoms with van der Waals surface area (Å²) < 4.78 is 6.92. The summed E-state index contributed by atoms with van der Waals surface area (Å²) in [6.45, 7) is 0.461. The first-order valence-corrected chi connectivity index (χ1v) is 7.71. The first kappa shape index (κ1) is 12.5. The van der Waals surface area contributed by atoms with Crippen molar-refractivity contribution in [3.8, 4) is 11.5 Å². The minimum Gasteiger partial charge on any atom is -0.334 e. The Bertz CT molecular complexity index is 648. The molecule has 0 N–H and O–H groups in total. The lowest BCUT2D eigenvalue weighted by Crippen LogP contribution is -2.02. The van der Waals surface area contributed by atoms with Crippen molar-refractivity contribution in [3.63, 3.8) is 0 Å². The second-order valence-corrected chi connectivity index (χ2v) is 5.45. The number of alkyl halides is 1. The summed E-state index contributed by atoms with van der Waals surface area (Å²) >= 11 is 4.97. The molecule has 3 aromatic rings. The van der Waals surface area contributed by atoms with E-state index >= 15 is 0 Å². The van der Waals surface area contributed by atoms with Crippen LogP contribution >= 0.6 is 27.3 Å². The minimum absolute atomic E-state index is 0.461. The number of thiophene rings is 1. The predicted molar refractivity (Wildman–Crippen MR) is 74.2 cm³/mol. The van der Waals surface area contributed by atoms with Crippen molar-refractivity contribution in [2.24, 2.45) is 0 Å². The third-order valence-corrected chi connectivity index (χ3v) is 3.56. The molecule has 0 aliphatic rings. The zero-order valence-corrected chi connectivity index (χ0v) is 12.3. The minimum atomic E-state index is 0.461. The number of aryl methyl sites for hydroxylation is 1. The van der Waals surface area contributed by atoms with Crippen LogP contribution in [0.4, 0.5) is 0 Å². The van der Waals surface area contributed by atoms with Gasteiger partial charge in [-0.3, -0.25) is 0 Å². The van der Waals surface area contributed by atoms with Crippen LogP contribution in [0, 0.1) is 0 Å². The summed E-state index contributed by atoms with van der Waals surface area (Å²) in [6.07, 6.45) is 2.74. The Labute approximate surface area is 121 Å². The standard InChI is InChI=1S/C11H10BrN5OS/c12-3-1-9-5-17(16-14-9)6-10-13-11(18-15-10)8-2-4-19-7-8/h2,4-5,7H,1,3,6H2. The van der Waals surface area contributed by atoms with Crippen LogP contribution in [-0.2, 0) is 13.0 Å². The Morgan fingerprint density at radius 3 is 3.16 bits per heavy atom. The summed E-state index contributed by atoms with van der Waals surface area (Å²) in [7, 11) is 0. The Balaban J connectivity index is 1.72. The molecule has 0 aliphatic carbocycles. The van der Waals surface area contributed by atoms with E-state index in [0.29, 0.717) is 18.3 Å². The molecule has 0 spiro atoms. The maximum absolute atomic E-state index is 5.21. The highest BCUT2D eigenvalue weighted by Gasteiger charge is 2.10. The molecule has 8 heteroatoms. The molecule has 0 atom stereocenters. The molecule has 3 aromatic heterocycles. The molecule has 19 heavy (non-hydrogen) atoms. The van der Waals surface area contributed by atoms with E-state index in [4.69, 9.17) is 4.52 Å². The van der Waals surface area contributed by atoms with Crippen molar-refractivity contribution in [2.75, 3.05) is 5.33 Å². The maximum Gasteiger partial charge on any atom is 0.258 e. The molecule has 3 heterocycles. The average molecular weight is 340 g/mol. The fourth-order valence-electron chi connectivity index (χ4n) is 1.59. The van der Waals surface area contributed by atoms with E-state index in [-0.39, 0.29) is 0 Å². The molecule has 0 fully saturated rings. The summed E-state index contributed by atoms with van der Waals surface area (Å²) in [5, 5.41) is 16.8. The highest BCUT2D eigenvalue weighted by molar-refractivity contribution is 9.09. The van der Waals surface area contributed by atoms with E-state index in [9.17, 15) is 0 Å². The predicted octanol–water partition coefficient (Wildman–Crippen LogP) is 2.38. The first-order valence-electron chi connectivity index (χ1n) is 5.65. The fraction of sp³-hybridized carbons (Fsp3) is 0.273. The molecule has 6 nitrogen and oxygen atoms in total. The molecule has 0 bridgehead atoms. The number of halogens is 1. The quantitative estimate of drug-likeness (QED) is 0.667. The van der Waals surface area contributed by atoms with Crippen LogP contribution in [0.15, 0.2) is 27.5 Å². The molecule has 0 unspecified atom stereocenters. The van der Waals surface area contributed by atoms with E-state index < -0.39 is 0 Å². The Morgan fingerprint density at radius 1 is 1.42 bits per heavy atom. The van der Waals surface area contributed by atoms with Crippen molar-refractivity contribution < 1.29 is 4.52 Å². The second-order valence-electron chi connectivity index (χ2n) is 3.87. The summed E-state index contributed by atoms with van der Waals surface area (Å²) in [5.74, 6) is 1.13. The summed E-state index contributed by atoms with van der Waals surface area (Å²) in [4.78, 5) is 4.33. The van der Waals surface area contributed by atoms with Gasteiger partial charge in [-0.1, -0.05) is 26.3 Å². The molecular formula is C11H10BrN5OS. The van der Waals surface area contributed by atoms with Gasteiger partial charge in [0.15, 0.2) is 5.82 Å². The lowest BCUT2D eigenvalue weighted by molar-refractivity contribution is 0.418. The van der Waals surface area contributed by atoms with E-state index in [2.05, 4.69) is 36.4 Å². The molecule has 0 saturated carbocycles. The molecule has 0 aliphatic heterocycles. The van der Waals surface area contributed by atoms with Crippen LogP contribution in [0.3, 0.4) is 0 Å². The zero-order valence-electron chi connectivity index (χ0n) is 9.86. The van der Waals surface area contributed by atoms with Gasteiger partial charge in [-0.2, -0.15) is 16.3 Å². The Morgan fingerprint density at radius 2 is 2.37 bits per heavy atom. The van der Waals surface area contributed by atoms with Crippen LogP contribution in [0.1, 0.15) is 11.5 Å². The van der Waals surface area contributed by atoms with Crippen molar-refractivity contribution >= 4 is 27.3 Å². The number of nitrogens with zero attached hydrogens (tertiary/aromatic N) is 5. The summed E-state index contributed by atoms with van der Waals surface area (Å²) in [5.41, 5.74) is 1.89. The second kappa shape index (κ2) is 5.62. The Hall–Kier alpha value is -1.54. The van der Waals surface area contributed by atoms with Crippen molar-refractivity contribution in [3.05, 3.63) is 34.5 Å². The van der Waals surface area contributed by atoms with Crippen LogP contribution in [-0.4, -0.2) is 30.5 Å². The molecule has 0 amide bonds. The van der Waals surface area contributed by atoms with Gasteiger partial charge in [0.1, 0.15) is 6.54 Å². The first-order chi connectivity index (χ1) is 9.35.